The minimum absolute atomic E-state index is 0.179. The van der Waals surface area contributed by atoms with Crippen molar-refractivity contribution in [1.82, 2.24) is 30.0 Å². The third-order valence-electron chi connectivity index (χ3n) is 3.05. The quantitative estimate of drug-likeness (QED) is 0.796. The summed E-state index contributed by atoms with van der Waals surface area (Å²) in [4.78, 5) is 1.35. The second-order valence-corrected chi connectivity index (χ2v) is 7.91. The van der Waals surface area contributed by atoms with E-state index < -0.39 is 14.6 Å². The van der Waals surface area contributed by atoms with Crippen molar-refractivity contribution in [3.8, 4) is 0 Å². The van der Waals surface area contributed by atoms with Crippen molar-refractivity contribution < 1.29 is 8.42 Å². The van der Waals surface area contributed by atoms with Gasteiger partial charge in [0.15, 0.2) is 15.7 Å². The van der Waals surface area contributed by atoms with Crippen LogP contribution in [0.2, 0.25) is 5.02 Å². The summed E-state index contributed by atoms with van der Waals surface area (Å²) >= 11 is 5.76. The molecule has 2 heterocycles. The molecule has 2 rings (SSSR count). The van der Waals surface area contributed by atoms with Crippen LogP contribution < -0.4 is 0 Å². The van der Waals surface area contributed by atoms with Crippen LogP contribution >= 0.6 is 11.6 Å². The van der Waals surface area contributed by atoms with Crippen LogP contribution in [0.3, 0.4) is 0 Å². The first-order chi connectivity index (χ1) is 9.20. The van der Waals surface area contributed by atoms with E-state index in [0.717, 1.165) is 6.26 Å². The molecule has 0 atom stereocenters. The van der Waals surface area contributed by atoms with Crippen molar-refractivity contribution >= 4 is 21.4 Å². The van der Waals surface area contributed by atoms with Crippen LogP contribution in [0.4, 0.5) is 0 Å². The molecule has 20 heavy (non-hydrogen) atoms. The van der Waals surface area contributed by atoms with Gasteiger partial charge >= 0.3 is 0 Å². The molecular formula is C10H15ClN6O2S. The average molecular weight is 319 g/mol. The molecule has 0 saturated heterocycles. The number of tetrazole rings is 1. The van der Waals surface area contributed by atoms with Gasteiger partial charge in [0.05, 0.1) is 24.3 Å². The van der Waals surface area contributed by atoms with Gasteiger partial charge in [-0.25, -0.2) is 8.42 Å². The summed E-state index contributed by atoms with van der Waals surface area (Å²) in [7, 11) is -3.32. The zero-order valence-corrected chi connectivity index (χ0v) is 12.9. The summed E-state index contributed by atoms with van der Waals surface area (Å²) in [5.74, 6) is 0.179. The molecule has 0 spiro atoms. The van der Waals surface area contributed by atoms with Gasteiger partial charge in [-0.1, -0.05) is 11.6 Å². The first-order valence-corrected chi connectivity index (χ1v) is 8.13. The average Bonchev–Trinajstić information content (AvgIpc) is 2.93. The zero-order valence-electron chi connectivity index (χ0n) is 11.4. The van der Waals surface area contributed by atoms with Crippen molar-refractivity contribution in [2.45, 2.75) is 31.7 Å². The van der Waals surface area contributed by atoms with Crippen molar-refractivity contribution in [2.75, 3.05) is 6.26 Å². The highest BCUT2D eigenvalue weighted by molar-refractivity contribution is 7.91. The lowest BCUT2D eigenvalue weighted by Crippen LogP contribution is -2.29. The molecule has 0 aromatic carbocycles. The fourth-order valence-electron chi connectivity index (χ4n) is 1.40. The van der Waals surface area contributed by atoms with Gasteiger partial charge in [0.1, 0.15) is 4.75 Å². The highest BCUT2D eigenvalue weighted by Gasteiger charge is 2.36. The second-order valence-electron chi connectivity index (χ2n) is 4.91. The SMILES string of the molecule is CC(C)(c1nnn(CCn2cc(Cl)cn2)n1)S(C)(=O)=O. The van der Waals surface area contributed by atoms with Gasteiger partial charge in [-0.2, -0.15) is 9.90 Å². The van der Waals surface area contributed by atoms with Crippen LogP contribution in [-0.2, 0) is 27.7 Å². The van der Waals surface area contributed by atoms with E-state index in [4.69, 9.17) is 11.6 Å². The number of hydrogen-bond donors (Lipinski definition) is 0. The molecular weight excluding hydrogens is 304 g/mol. The Hall–Kier alpha value is -1.48. The number of aromatic nitrogens is 6. The molecule has 2 aromatic rings. The van der Waals surface area contributed by atoms with Crippen molar-refractivity contribution in [3.63, 3.8) is 0 Å². The van der Waals surface area contributed by atoms with Gasteiger partial charge in [0, 0.05) is 12.5 Å². The number of rotatable bonds is 5. The van der Waals surface area contributed by atoms with Gasteiger partial charge in [0.2, 0.25) is 0 Å². The number of sulfone groups is 1. The van der Waals surface area contributed by atoms with Gasteiger partial charge in [-0.15, -0.1) is 10.2 Å². The first-order valence-electron chi connectivity index (χ1n) is 5.86. The lowest BCUT2D eigenvalue weighted by molar-refractivity contribution is 0.447. The third kappa shape index (κ3) is 2.98. The Morgan fingerprint density at radius 3 is 2.60 bits per heavy atom. The van der Waals surface area contributed by atoms with Crippen LogP contribution in [0.15, 0.2) is 12.4 Å². The van der Waals surface area contributed by atoms with E-state index in [1.54, 1.807) is 24.7 Å². The van der Waals surface area contributed by atoms with Crippen LogP contribution in [-0.4, -0.2) is 44.7 Å². The molecule has 0 aliphatic carbocycles. The highest BCUT2D eigenvalue weighted by atomic mass is 35.5. The van der Waals surface area contributed by atoms with Gasteiger partial charge in [-0.3, -0.25) is 4.68 Å². The number of hydrogen-bond acceptors (Lipinski definition) is 6. The van der Waals surface area contributed by atoms with E-state index in [1.165, 1.54) is 11.0 Å². The molecule has 0 bridgehead atoms. The van der Waals surface area contributed by atoms with E-state index in [-0.39, 0.29) is 5.82 Å². The monoisotopic (exact) mass is 318 g/mol. The maximum atomic E-state index is 11.7. The molecule has 0 unspecified atom stereocenters. The van der Waals surface area contributed by atoms with Crippen molar-refractivity contribution in [3.05, 3.63) is 23.2 Å². The maximum absolute atomic E-state index is 11.7. The van der Waals surface area contributed by atoms with Crippen LogP contribution in [0, 0.1) is 0 Å². The standard InChI is InChI=1S/C10H15ClN6O2S/c1-10(2,20(3,18)19)9-13-15-17(14-9)5-4-16-7-8(11)6-12-16/h6-7H,4-5H2,1-3H3. The molecule has 8 nitrogen and oxygen atoms in total. The second kappa shape index (κ2) is 5.13. The fourth-order valence-corrected chi connectivity index (χ4v) is 1.97. The summed E-state index contributed by atoms with van der Waals surface area (Å²) < 4.78 is 23.9. The minimum atomic E-state index is -3.32. The number of nitrogens with zero attached hydrogens (tertiary/aromatic N) is 6. The van der Waals surface area contributed by atoms with Crippen LogP contribution in [0.5, 0.6) is 0 Å². The predicted molar refractivity (Wildman–Crippen MR) is 72.9 cm³/mol. The lowest BCUT2D eigenvalue weighted by atomic mass is 10.2. The fraction of sp³-hybridized carbons (Fsp3) is 0.600. The molecule has 2 aromatic heterocycles. The number of halogens is 1. The third-order valence-corrected chi connectivity index (χ3v) is 5.28. The smallest absolute Gasteiger partial charge is 0.195 e. The summed E-state index contributed by atoms with van der Waals surface area (Å²) in [5.41, 5.74) is 0. The molecule has 0 aliphatic rings. The Bertz CT molecular complexity index is 705. The Morgan fingerprint density at radius 1 is 1.35 bits per heavy atom. The Kier molecular flexibility index (Phi) is 3.83. The summed E-state index contributed by atoms with van der Waals surface area (Å²) in [6, 6.07) is 0. The molecule has 0 saturated carbocycles. The van der Waals surface area contributed by atoms with E-state index in [2.05, 4.69) is 20.5 Å². The normalized spacial score (nSPS) is 12.8. The molecule has 110 valence electrons. The van der Waals surface area contributed by atoms with Crippen LogP contribution in [0.25, 0.3) is 0 Å². The predicted octanol–water partition coefficient (Wildman–Crippen LogP) is 0.503. The molecule has 0 N–H and O–H groups in total. The first kappa shape index (κ1) is 14.9. The summed E-state index contributed by atoms with van der Waals surface area (Å²) in [6.45, 7) is 4.04. The van der Waals surface area contributed by atoms with E-state index >= 15 is 0 Å². The largest absolute Gasteiger partial charge is 0.269 e. The van der Waals surface area contributed by atoms with Crippen molar-refractivity contribution in [1.29, 1.82) is 0 Å². The van der Waals surface area contributed by atoms with Gasteiger partial charge in [-0.05, 0) is 19.1 Å². The Balaban J connectivity index is 2.10. The van der Waals surface area contributed by atoms with E-state index in [9.17, 15) is 8.42 Å². The van der Waals surface area contributed by atoms with E-state index in [0.29, 0.717) is 18.1 Å². The number of aryl methyl sites for hydroxylation is 2. The van der Waals surface area contributed by atoms with Crippen LogP contribution in [0.1, 0.15) is 19.7 Å². The molecule has 10 heteroatoms. The minimum Gasteiger partial charge on any atom is -0.269 e. The van der Waals surface area contributed by atoms with Gasteiger partial charge in [0.25, 0.3) is 0 Å². The topological polar surface area (TPSA) is 95.6 Å². The van der Waals surface area contributed by atoms with E-state index in [1.807, 2.05) is 0 Å². The van der Waals surface area contributed by atoms with Crippen molar-refractivity contribution in [2.24, 2.45) is 0 Å². The zero-order chi connectivity index (χ0) is 15.0. The molecule has 0 radical (unpaired) electrons. The lowest BCUT2D eigenvalue weighted by Gasteiger charge is -2.17. The Labute approximate surface area is 121 Å². The molecule has 0 amide bonds. The Morgan fingerprint density at radius 2 is 2.05 bits per heavy atom. The summed E-state index contributed by atoms with van der Waals surface area (Å²) in [5, 5.41) is 16.4. The molecule has 0 fully saturated rings. The molecule has 0 aliphatic heterocycles. The van der Waals surface area contributed by atoms with Gasteiger partial charge < -0.3 is 0 Å². The summed E-state index contributed by atoms with van der Waals surface area (Å²) in [6.07, 6.45) is 4.37. The maximum Gasteiger partial charge on any atom is 0.195 e. The highest BCUT2D eigenvalue weighted by Crippen LogP contribution is 2.24.